The highest BCUT2D eigenvalue weighted by molar-refractivity contribution is 7.93. The van der Waals surface area contributed by atoms with Crippen LogP contribution in [0.15, 0.2) is 81.1 Å². The largest absolute Gasteiger partial charge is 0.443 e. The second kappa shape index (κ2) is 8.12. The van der Waals surface area contributed by atoms with Crippen molar-refractivity contribution >= 4 is 54.0 Å². The Morgan fingerprint density at radius 3 is 2.31 bits per heavy atom. The van der Waals surface area contributed by atoms with E-state index in [0.29, 0.717) is 16.5 Å². The van der Waals surface area contributed by atoms with E-state index in [1.807, 2.05) is 0 Å². The molecule has 1 heterocycles. The van der Waals surface area contributed by atoms with Gasteiger partial charge < -0.3 is 4.42 Å². The van der Waals surface area contributed by atoms with Gasteiger partial charge in [0.05, 0.1) is 11.4 Å². The predicted octanol–water partition coefficient (Wildman–Crippen LogP) is 5.14. The summed E-state index contributed by atoms with van der Waals surface area (Å²) in [6.07, 6.45) is 0. The third kappa shape index (κ3) is 4.43. The second-order valence-corrected chi connectivity index (χ2v) is 10.6. The maximum Gasteiger partial charge on any atom is 0.295 e. The van der Waals surface area contributed by atoms with Crippen LogP contribution in [0.3, 0.4) is 0 Å². The van der Waals surface area contributed by atoms with E-state index in [4.69, 9.17) is 16.0 Å². The third-order valence-electron chi connectivity index (χ3n) is 4.51. The summed E-state index contributed by atoms with van der Waals surface area (Å²) in [4.78, 5) is -0.571. The van der Waals surface area contributed by atoms with E-state index in [2.05, 4.69) is 9.44 Å². The molecule has 0 radical (unpaired) electrons. The molecule has 0 saturated heterocycles. The van der Waals surface area contributed by atoms with Crippen LogP contribution in [0.5, 0.6) is 0 Å². The highest BCUT2D eigenvalue weighted by Gasteiger charge is 2.24. The van der Waals surface area contributed by atoms with Crippen LogP contribution in [0.25, 0.3) is 11.0 Å². The SMILES string of the molecule is Cc1ccc(F)c(S(=O)(=O)Nc2ccc(Cl)cc2NS(=O)(=O)c2cc3ccccc3o2)c1. The number of anilines is 2. The quantitative estimate of drug-likeness (QED) is 0.386. The highest BCUT2D eigenvalue weighted by atomic mass is 35.5. The van der Waals surface area contributed by atoms with Gasteiger partial charge in [-0.1, -0.05) is 35.9 Å². The second-order valence-electron chi connectivity index (χ2n) is 6.94. The first-order valence-corrected chi connectivity index (χ1v) is 12.5. The zero-order valence-corrected chi connectivity index (χ0v) is 18.9. The molecule has 0 bridgehead atoms. The number of nitrogens with one attached hydrogen (secondary N) is 2. The molecule has 0 spiro atoms. The van der Waals surface area contributed by atoms with Gasteiger partial charge in [0.25, 0.3) is 20.0 Å². The minimum absolute atomic E-state index is 0.144. The molecule has 0 aliphatic rings. The molecule has 11 heteroatoms. The van der Waals surface area contributed by atoms with Crippen LogP contribution in [-0.4, -0.2) is 16.8 Å². The molecule has 32 heavy (non-hydrogen) atoms. The van der Waals surface area contributed by atoms with Gasteiger partial charge in [0.1, 0.15) is 16.3 Å². The predicted molar refractivity (Wildman–Crippen MR) is 120 cm³/mol. The van der Waals surface area contributed by atoms with Crippen LogP contribution < -0.4 is 9.44 Å². The number of halogens is 2. The van der Waals surface area contributed by atoms with Crippen LogP contribution in [0.1, 0.15) is 5.56 Å². The molecule has 4 rings (SSSR count). The average molecular weight is 495 g/mol. The van der Waals surface area contributed by atoms with Gasteiger partial charge in [-0.25, -0.2) is 12.8 Å². The smallest absolute Gasteiger partial charge is 0.295 e. The summed E-state index contributed by atoms with van der Waals surface area (Å²) in [5.74, 6) is -0.943. The lowest BCUT2D eigenvalue weighted by Gasteiger charge is -2.15. The van der Waals surface area contributed by atoms with Crippen molar-refractivity contribution in [2.45, 2.75) is 16.9 Å². The van der Waals surface area contributed by atoms with Gasteiger partial charge in [-0.05, 0) is 48.9 Å². The van der Waals surface area contributed by atoms with Crippen molar-refractivity contribution in [2.75, 3.05) is 9.44 Å². The minimum atomic E-state index is -4.37. The van der Waals surface area contributed by atoms with E-state index in [0.717, 1.165) is 6.07 Å². The normalized spacial score (nSPS) is 12.1. The summed E-state index contributed by atoms with van der Waals surface area (Å²) in [5.41, 5.74) is 0.605. The first kappa shape index (κ1) is 22.1. The van der Waals surface area contributed by atoms with Crippen molar-refractivity contribution in [1.29, 1.82) is 0 Å². The van der Waals surface area contributed by atoms with Gasteiger partial charge in [0, 0.05) is 16.5 Å². The molecule has 0 unspecified atom stereocenters. The van der Waals surface area contributed by atoms with Crippen molar-refractivity contribution in [3.8, 4) is 0 Å². The van der Waals surface area contributed by atoms with Crippen LogP contribution in [-0.2, 0) is 20.0 Å². The number of sulfonamides is 2. The molecule has 7 nitrogen and oxygen atoms in total. The van der Waals surface area contributed by atoms with Gasteiger partial charge >= 0.3 is 0 Å². The molecular formula is C21H16ClFN2O5S2. The zero-order valence-electron chi connectivity index (χ0n) is 16.5. The molecule has 4 aromatic rings. The first-order valence-electron chi connectivity index (χ1n) is 9.15. The van der Waals surface area contributed by atoms with Gasteiger partial charge in [-0.2, -0.15) is 8.42 Å². The fourth-order valence-corrected chi connectivity index (χ4v) is 5.45. The topological polar surface area (TPSA) is 105 Å². The highest BCUT2D eigenvalue weighted by Crippen LogP contribution is 2.32. The number of furan rings is 1. The van der Waals surface area contributed by atoms with Crippen LogP contribution >= 0.6 is 11.6 Å². The van der Waals surface area contributed by atoms with E-state index < -0.39 is 30.8 Å². The molecule has 3 aromatic carbocycles. The lowest BCUT2D eigenvalue weighted by molar-refractivity contribution is 0.484. The summed E-state index contributed by atoms with van der Waals surface area (Å²) in [7, 11) is -8.60. The van der Waals surface area contributed by atoms with Crippen molar-refractivity contribution in [3.63, 3.8) is 0 Å². The Hall–Kier alpha value is -3.08. The zero-order chi connectivity index (χ0) is 23.1. The van der Waals surface area contributed by atoms with E-state index in [1.165, 1.54) is 36.4 Å². The van der Waals surface area contributed by atoms with Gasteiger partial charge in [-0.15, -0.1) is 0 Å². The summed E-state index contributed by atoms with van der Waals surface area (Å²) < 4.78 is 75.4. The Labute approximate surface area is 188 Å². The molecular weight excluding hydrogens is 479 g/mol. The van der Waals surface area contributed by atoms with Gasteiger partial charge in [0.15, 0.2) is 0 Å². The maximum atomic E-state index is 14.2. The molecule has 2 N–H and O–H groups in total. The molecule has 0 atom stereocenters. The Kier molecular flexibility index (Phi) is 5.61. The number of hydrogen-bond donors (Lipinski definition) is 2. The summed E-state index contributed by atoms with van der Waals surface area (Å²) in [5, 5.41) is 0.365. The third-order valence-corrected chi connectivity index (χ3v) is 7.35. The lowest BCUT2D eigenvalue weighted by atomic mass is 10.2. The number of benzene rings is 3. The molecule has 0 fully saturated rings. The number of fused-ring (bicyclic) bond motifs is 1. The first-order chi connectivity index (χ1) is 15.0. The van der Waals surface area contributed by atoms with E-state index >= 15 is 0 Å². The molecule has 0 aliphatic carbocycles. The summed E-state index contributed by atoms with van der Waals surface area (Å²) >= 11 is 5.99. The molecule has 0 amide bonds. The van der Waals surface area contributed by atoms with Crippen molar-refractivity contribution in [1.82, 2.24) is 0 Å². The molecule has 0 saturated carbocycles. The minimum Gasteiger partial charge on any atom is -0.443 e. The summed E-state index contributed by atoms with van der Waals surface area (Å²) in [6.45, 7) is 1.62. The van der Waals surface area contributed by atoms with Crippen molar-refractivity contribution in [3.05, 3.63) is 83.1 Å². The van der Waals surface area contributed by atoms with Gasteiger partial charge in [-0.3, -0.25) is 9.44 Å². The van der Waals surface area contributed by atoms with Crippen molar-refractivity contribution in [2.24, 2.45) is 0 Å². The van der Waals surface area contributed by atoms with Gasteiger partial charge in [0.2, 0.25) is 5.09 Å². The van der Waals surface area contributed by atoms with Crippen molar-refractivity contribution < 1.29 is 25.6 Å². The number of para-hydroxylation sites is 1. The van der Waals surface area contributed by atoms with Crippen LogP contribution in [0, 0.1) is 12.7 Å². The van der Waals surface area contributed by atoms with E-state index in [9.17, 15) is 21.2 Å². The molecule has 0 aliphatic heterocycles. The maximum absolute atomic E-state index is 14.2. The number of aryl methyl sites for hydroxylation is 1. The number of hydrogen-bond acceptors (Lipinski definition) is 5. The summed E-state index contributed by atoms with van der Waals surface area (Å²) in [6, 6.07) is 15.6. The standard InChI is InChI=1S/C21H16ClFN2O5S2/c1-13-6-8-16(23)20(10-13)31(26,27)24-17-9-7-15(22)12-18(17)25-32(28,29)21-11-14-4-2-3-5-19(14)30-21/h2-12,24-25H,1H3. The lowest BCUT2D eigenvalue weighted by Crippen LogP contribution is -2.18. The number of rotatable bonds is 6. The Bertz CT molecular complexity index is 1520. The van der Waals surface area contributed by atoms with Crippen LogP contribution in [0.2, 0.25) is 5.02 Å². The molecule has 1 aromatic heterocycles. The van der Waals surface area contributed by atoms with Crippen LogP contribution in [0.4, 0.5) is 15.8 Å². The Morgan fingerprint density at radius 1 is 0.844 bits per heavy atom. The fourth-order valence-electron chi connectivity index (χ4n) is 2.99. The van der Waals surface area contributed by atoms with E-state index in [1.54, 1.807) is 31.2 Å². The fraction of sp³-hybridized carbons (Fsp3) is 0.0476. The Balaban J connectivity index is 1.71. The van der Waals surface area contributed by atoms with E-state index in [-0.39, 0.29) is 21.5 Å². The average Bonchev–Trinajstić information content (AvgIpc) is 3.17. The molecule has 166 valence electrons. The Morgan fingerprint density at radius 2 is 1.56 bits per heavy atom. The monoisotopic (exact) mass is 494 g/mol.